The van der Waals surface area contributed by atoms with Gasteiger partial charge in [0.15, 0.2) is 11.5 Å². The fourth-order valence-corrected chi connectivity index (χ4v) is 2.83. The number of hydrogen-bond acceptors (Lipinski definition) is 7. The zero-order valence-electron chi connectivity index (χ0n) is 14.2. The van der Waals surface area contributed by atoms with Gasteiger partial charge in [-0.2, -0.15) is 0 Å². The Morgan fingerprint density at radius 1 is 1.21 bits per heavy atom. The van der Waals surface area contributed by atoms with Crippen molar-refractivity contribution in [3.63, 3.8) is 0 Å². The molecule has 0 bridgehead atoms. The van der Waals surface area contributed by atoms with Crippen LogP contribution >= 0.6 is 0 Å². The van der Waals surface area contributed by atoms with E-state index >= 15 is 0 Å². The first kappa shape index (κ1) is 16.9. The molecule has 24 heavy (non-hydrogen) atoms. The van der Waals surface area contributed by atoms with Crippen LogP contribution in [0.4, 0.5) is 0 Å². The lowest BCUT2D eigenvalue weighted by Gasteiger charge is -2.33. The first-order chi connectivity index (χ1) is 11.7. The second-order valence-electron chi connectivity index (χ2n) is 6.15. The molecular formula is C17H24N4O3. The number of methoxy groups -OCH3 is 1. The van der Waals surface area contributed by atoms with Crippen LogP contribution in [0.2, 0.25) is 0 Å². The highest BCUT2D eigenvalue weighted by atomic mass is 16.5. The van der Waals surface area contributed by atoms with Gasteiger partial charge in [0, 0.05) is 50.4 Å². The Kier molecular flexibility index (Phi) is 5.44. The van der Waals surface area contributed by atoms with E-state index in [1.165, 1.54) is 6.33 Å². The molecule has 1 aromatic heterocycles. The first-order valence-electron chi connectivity index (χ1n) is 8.15. The van der Waals surface area contributed by atoms with E-state index in [0.717, 1.165) is 37.1 Å². The van der Waals surface area contributed by atoms with Crippen molar-refractivity contribution in [1.29, 1.82) is 0 Å². The molecular weight excluding hydrogens is 308 g/mol. The molecule has 2 heterocycles. The molecule has 0 radical (unpaired) electrons. The van der Waals surface area contributed by atoms with Crippen molar-refractivity contribution in [3.8, 4) is 11.5 Å². The number of rotatable bonds is 6. The fraction of sp³-hybridized carbons (Fsp3) is 0.529. The Labute approximate surface area is 141 Å². The van der Waals surface area contributed by atoms with E-state index in [1.54, 1.807) is 13.3 Å². The van der Waals surface area contributed by atoms with Crippen LogP contribution in [0.1, 0.15) is 0 Å². The third kappa shape index (κ3) is 4.11. The van der Waals surface area contributed by atoms with Gasteiger partial charge in [0.25, 0.3) is 0 Å². The maximum absolute atomic E-state index is 10.3. The molecule has 1 N–H and O–H groups in total. The van der Waals surface area contributed by atoms with Crippen molar-refractivity contribution in [2.24, 2.45) is 0 Å². The lowest BCUT2D eigenvalue weighted by atomic mass is 10.2. The van der Waals surface area contributed by atoms with Crippen molar-refractivity contribution in [1.82, 2.24) is 19.8 Å². The summed E-state index contributed by atoms with van der Waals surface area (Å²) in [6, 6.07) is 3.66. The molecule has 0 aliphatic carbocycles. The molecule has 0 amide bonds. The minimum Gasteiger partial charge on any atom is -0.493 e. The minimum absolute atomic E-state index is 0.222. The number of ether oxygens (including phenoxy) is 2. The van der Waals surface area contributed by atoms with Crippen LogP contribution < -0.4 is 9.47 Å². The van der Waals surface area contributed by atoms with Crippen molar-refractivity contribution >= 4 is 10.9 Å². The van der Waals surface area contributed by atoms with Gasteiger partial charge in [0.05, 0.1) is 12.6 Å². The smallest absolute Gasteiger partial charge is 0.163 e. The number of fused-ring (bicyclic) bond motifs is 1. The Morgan fingerprint density at radius 3 is 2.75 bits per heavy atom. The summed E-state index contributed by atoms with van der Waals surface area (Å²) in [6.07, 6.45) is 2.69. The van der Waals surface area contributed by atoms with Crippen molar-refractivity contribution in [3.05, 3.63) is 24.7 Å². The average molecular weight is 332 g/mol. The van der Waals surface area contributed by atoms with Crippen molar-refractivity contribution in [2.75, 3.05) is 53.5 Å². The summed E-state index contributed by atoms with van der Waals surface area (Å²) in [4.78, 5) is 12.8. The quantitative estimate of drug-likeness (QED) is 0.832. The lowest BCUT2D eigenvalue weighted by molar-refractivity contribution is 0.0498. The third-order valence-electron chi connectivity index (χ3n) is 4.29. The topological polar surface area (TPSA) is 71.0 Å². The maximum atomic E-state index is 10.3. The number of aliphatic hydroxyl groups is 1. The number of piperazine rings is 1. The highest BCUT2D eigenvalue weighted by Gasteiger charge is 2.18. The van der Waals surface area contributed by atoms with Gasteiger partial charge in [-0.05, 0) is 13.1 Å². The largest absolute Gasteiger partial charge is 0.493 e. The first-order valence-corrected chi connectivity index (χ1v) is 8.15. The van der Waals surface area contributed by atoms with Gasteiger partial charge >= 0.3 is 0 Å². The minimum atomic E-state index is -0.542. The number of benzene rings is 1. The fourth-order valence-electron chi connectivity index (χ4n) is 2.83. The van der Waals surface area contributed by atoms with E-state index in [4.69, 9.17) is 9.47 Å². The van der Waals surface area contributed by atoms with Gasteiger partial charge in [0.1, 0.15) is 19.0 Å². The average Bonchev–Trinajstić information content (AvgIpc) is 2.61. The Morgan fingerprint density at radius 2 is 2.00 bits per heavy atom. The van der Waals surface area contributed by atoms with Gasteiger partial charge < -0.3 is 19.5 Å². The zero-order chi connectivity index (χ0) is 16.9. The molecule has 3 rings (SSSR count). The number of β-amino-alcohol motifs (C(OH)–C–C–N with tert-alkyl or cyclic N) is 1. The normalized spacial score (nSPS) is 17.8. The zero-order valence-corrected chi connectivity index (χ0v) is 14.2. The molecule has 2 aromatic rings. The van der Waals surface area contributed by atoms with E-state index in [-0.39, 0.29) is 6.61 Å². The van der Waals surface area contributed by atoms with Crippen LogP contribution in [0.5, 0.6) is 11.5 Å². The molecule has 0 saturated carbocycles. The Balaban J connectivity index is 1.60. The molecule has 1 fully saturated rings. The molecule has 1 aliphatic rings. The van der Waals surface area contributed by atoms with Gasteiger partial charge in [-0.3, -0.25) is 4.90 Å². The van der Waals surface area contributed by atoms with Crippen LogP contribution in [0.3, 0.4) is 0 Å². The van der Waals surface area contributed by atoms with Gasteiger partial charge in [-0.15, -0.1) is 0 Å². The molecule has 1 unspecified atom stereocenters. The number of hydrogen-bond donors (Lipinski definition) is 1. The van der Waals surface area contributed by atoms with Crippen LogP contribution in [-0.4, -0.2) is 84.5 Å². The summed E-state index contributed by atoms with van der Waals surface area (Å²) >= 11 is 0. The number of likely N-dealkylation sites (N-methyl/N-ethyl adjacent to an activating group) is 1. The molecule has 1 atom stereocenters. The van der Waals surface area contributed by atoms with E-state index < -0.39 is 6.10 Å². The Bertz CT molecular complexity index is 674. The van der Waals surface area contributed by atoms with E-state index in [1.807, 2.05) is 12.1 Å². The van der Waals surface area contributed by atoms with Crippen LogP contribution in [0, 0.1) is 0 Å². The molecule has 0 spiro atoms. The van der Waals surface area contributed by atoms with Crippen LogP contribution in [-0.2, 0) is 0 Å². The highest BCUT2D eigenvalue weighted by Crippen LogP contribution is 2.31. The predicted octanol–water partition coefficient (Wildman–Crippen LogP) is 0.625. The molecule has 1 aliphatic heterocycles. The van der Waals surface area contributed by atoms with E-state index in [9.17, 15) is 5.11 Å². The number of aromatic nitrogens is 2. The summed E-state index contributed by atoms with van der Waals surface area (Å²) in [7, 11) is 3.71. The van der Waals surface area contributed by atoms with Crippen molar-refractivity contribution < 1.29 is 14.6 Å². The van der Waals surface area contributed by atoms with Crippen molar-refractivity contribution in [2.45, 2.75) is 6.10 Å². The van der Waals surface area contributed by atoms with E-state index in [0.29, 0.717) is 18.0 Å². The van der Waals surface area contributed by atoms with Crippen LogP contribution in [0.25, 0.3) is 10.9 Å². The van der Waals surface area contributed by atoms with E-state index in [2.05, 4.69) is 26.8 Å². The third-order valence-corrected chi connectivity index (χ3v) is 4.29. The number of nitrogens with zero attached hydrogens (tertiary/aromatic N) is 4. The van der Waals surface area contributed by atoms with Gasteiger partial charge in [-0.1, -0.05) is 0 Å². The summed E-state index contributed by atoms with van der Waals surface area (Å²) in [5.74, 6) is 1.20. The second-order valence-corrected chi connectivity index (χ2v) is 6.15. The summed E-state index contributed by atoms with van der Waals surface area (Å²) in [5.41, 5.74) is 0.786. The molecule has 1 aromatic carbocycles. The van der Waals surface area contributed by atoms with Crippen LogP contribution in [0.15, 0.2) is 24.7 Å². The summed E-state index contributed by atoms with van der Waals surface area (Å²) in [6.45, 7) is 4.86. The van der Waals surface area contributed by atoms with Gasteiger partial charge in [-0.25, -0.2) is 9.97 Å². The van der Waals surface area contributed by atoms with Gasteiger partial charge in [0.2, 0.25) is 0 Å². The SMILES string of the molecule is COc1cc2cncnc2cc1OCC(O)CN1CCN(C)CC1. The molecule has 130 valence electrons. The lowest BCUT2D eigenvalue weighted by Crippen LogP contribution is -2.47. The second kappa shape index (κ2) is 7.74. The predicted molar refractivity (Wildman–Crippen MR) is 91.5 cm³/mol. The Hall–Kier alpha value is -1.96. The number of aliphatic hydroxyl groups excluding tert-OH is 1. The summed E-state index contributed by atoms with van der Waals surface area (Å²) in [5, 5.41) is 11.1. The molecule has 1 saturated heterocycles. The standard InChI is InChI=1S/C17H24N4O3/c1-20-3-5-21(6-4-20)10-14(22)11-24-17-8-15-13(7-16(17)23-2)9-18-12-19-15/h7-9,12,14,22H,3-6,10-11H2,1-2H3. The molecule has 7 heteroatoms. The maximum Gasteiger partial charge on any atom is 0.163 e. The monoisotopic (exact) mass is 332 g/mol. The summed E-state index contributed by atoms with van der Waals surface area (Å²) < 4.78 is 11.2. The highest BCUT2D eigenvalue weighted by molar-refractivity contribution is 5.81. The molecule has 7 nitrogen and oxygen atoms in total.